The van der Waals surface area contributed by atoms with Crippen LogP contribution in [0, 0.1) is 10.8 Å². The smallest absolute Gasteiger partial charge is 0.332 e. The molecular formula is C11H14O4. The summed E-state index contributed by atoms with van der Waals surface area (Å²) in [4.78, 5) is 34.4. The van der Waals surface area contributed by atoms with Crippen LogP contribution in [-0.2, 0) is 14.4 Å². The van der Waals surface area contributed by atoms with Gasteiger partial charge in [-0.2, -0.15) is 0 Å². The van der Waals surface area contributed by atoms with Crippen LogP contribution < -0.4 is 0 Å². The average molecular weight is 210 g/mol. The Morgan fingerprint density at radius 3 is 2.00 bits per heavy atom. The van der Waals surface area contributed by atoms with Crippen molar-refractivity contribution in [3.8, 4) is 0 Å². The molecule has 0 aromatic carbocycles. The molecule has 1 rings (SSSR count). The van der Waals surface area contributed by atoms with Gasteiger partial charge in [-0.05, 0) is 33.8 Å². The summed E-state index contributed by atoms with van der Waals surface area (Å²) in [6.45, 7) is 6.11. The maximum absolute atomic E-state index is 12.0. The molecule has 1 N–H and O–H groups in total. The van der Waals surface area contributed by atoms with Gasteiger partial charge in [0.1, 0.15) is 0 Å². The Labute approximate surface area is 88.0 Å². The lowest BCUT2D eigenvalue weighted by Gasteiger charge is -2.36. The van der Waals surface area contributed by atoms with Gasteiger partial charge < -0.3 is 5.11 Å². The Kier molecular flexibility index (Phi) is 2.34. The van der Waals surface area contributed by atoms with Crippen LogP contribution in [0.3, 0.4) is 0 Å². The molecule has 0 aliphatic heterocycles. The molecule has 0 spiro atoms. The van der Waals surface area contributed by atoms with Crippen molar-refractivity contribution in [2.75, 3.05) is 0 Å². The summed E-state index contributed by atoms with van der Waals surface area (Å²) in [6.07, 6.45) is 1.07. The lowest BCUT2D eigenvalue weighted by atomic mass is 9.63. The van der Waals surface area contributed by atoms with E-state index >= 15 is 0 Å². The third-order valence-corrected chi connectivity index (χ3v) is 2.93. The van der Waals surface area contributed by atoms with Crippen LogP contribution in [0.4, 0.5) is 0 Å². The van der Waals surface area contributed by atoms with E-state index in [9.17, 15) is 14.4 Å². The highest BCUT2D eigenvalue weighted by molar-refractivity contribution is 6.20. The third-order valence-electron chi connectivity index (χ3n) is 2.93. The Hall–Kier alpha value is -1.45. The van der Waals surface area contributed by atoms with E-state index in [0.29, 0.717) is 0 Å². The van der Waals surface area contributed by atoms with Gasteiger partial charge in [-0.3, -0.25) is 9.59 Å². The first-order valence-electron chi connectivity index (χ1n) is 4.66. The Morgan fingerprint density at radius 1 is 1.13 bits per heavy atom. The molecule has 82 valence electrons. The van der Waals surface area contributed by atoms with Crippen LogP contribution in [0.15, 0.2) is 11.6 Å². The summed E-state index contributed by atoms with van der Waals surface area (Å²) in [7, 11) is 0. The van der Waals surface area contributed by atoms with Crippen LogP contribution >= 0.6 is 0 Å². The largest absolute Gasteiger partial charge is 0.478 e. The highest BCUT2D eigenvalue weighted by Gasteiger charge is 2.50. The van der Waals surface area contributed by atoms with Crippen molar-refractivity contribution in [2.45, 2.75) is 27.7 Å². The molecule has 0 bridgehead atoms. The van der Waals surface area contributed by atoms with E-state index in [1.165, 1.54) is 27.7 Å². The van der Waals surface area contributed by atoms with Crippen molar-refractivity contribution >= 4 is 17.5 Å². The number of hydrogen-bond donors (Lipinski definition) is 1. The summed E-state index contributed by atoms with van der Waals surface area (Å²) >= 11 is 0. The normalized spacial score (nSPS) is 23.6. The molecule has 0 unspecified atom stereocenters. The summed E-state index contributed by atoms with van der Waals surface area (Å²) in [6, 6.07) is 0. The summed E-state index contributed by atoms with van der Waals surface area (Å²) in [5.74, 6) is -2.00. The first-order chi connectivity index (χ1) is 6.61. The Morgan fingerprint density at radius 2 is 1.60 bits per heavy atom. The van der Waals surface area contributed by atoms with Crippen molar-refractivity contribution in [1.82, 2.24) is 0 Å². The number of Topliss-reactive ketones (excluding diaryl/α,β-unsaturated/α-hetero) is 1. The molecule has 0 heterocycles. The van der Waals surface area contributed by atoms with Gasteiger partial charge in [0.15, 0.2) is 11.6 Å². The van der Waals surface area contributed by atoms with Crippen LogP contribution in [0.2, 0.25) is 0 Å². The van der Waals surface area contributed by atoms with Crippen molar-refractivity contribution in [3.63, 3.8) is 0 Å². The van der Waals surface area contributed by atoms with Gasteiger partial charge >= 0.3 is 5.97 Å². The number of aliphatic carboxylic acids is 1. The molecule has 4 heteroatoms. The minimum atomic E-state index is -1.21. The number of rotatable bonds is 1. The predicted molar refractivity (Wildman–Crippen MR) is 53.3 cm³/mol. The number of carboxylic acid groups (broad SMARTS) is 1. The second-order valence-electron chi connectivity index (χ2n) is 4.81. The number of allylic oxidation sites excluding steroid dienone is 1. The van der Waals surface area contributed by atoms with Crippen molar-refractivity contribution in [1.29, 1.82) is 0 Å². The molecule has 0 aromatic rings. The van der Waals surface area contributed by atoms with E-state index in [0.717, 1.165) is 6.08 Å². The SMILES string of the molecule is CC1(C)C(=O)C=C(C(=O)O)C(C)(C)C1=O. The van der Waals surface area contributed by atoms with Gasteiger partial charge in [-0.25, -0.2) is 4.79 Å². The van der Waals surface area contributed by atoms with Crippen molar-refractivity contribution in [2.24, 2.45) is 10.8 Å². The molecule has 0 atom stereocenters. The lowest BCUT2D eigenvalue weighted by Crippen LogP contribution is -2.47. The van der Waals surface area contributed by atoms with Gasteiger partial charge in [0.05, 0.1) is 16.4 Å². The second-order valence-corrected chi connectivity index (χ2v) is 4.81. The van der Waals surface area contributed by atoms with Crippen LogP contribution in [0.25, 0.3) is 0 Å². The van der Waals surface area contributed by atoms with Crippen LogP contribution in [-0.4, -0.2) is 22.6 Å². The molecule has 0 radical (unpaired) electrons. The van der Waals surface area contributed by atoms with Crippen LogP contribution in [0.5, 0.6) is 0 Å². The molecule has 0 aromatic heterocycles. The number of carbonyl (C=O) groups is 3. The highest BCUT2D eigenvalue weighted by atomic mass is 16.4. The van der Waals surface area contributed by atoms with E-state index in [-0.39, 0.29) is 11.4 Å². The first kappa shape index (κ1) is 11.6. The fourth-order valence-corrected chi connectivity index (χ4v) is 1.84. The van der Waals surface area contributed by atoms with Gasteiger partial charge in [0, 0.05) is 0 Å². The van der Waals surface area contributed by atoms with Crippen LogP contribution in [0.1, 0.15) is 27.7 Å². The van der Waals surface area contributed by atoms with Gasteiger partial charge in [-0.15, -0.1) is 0 Å². The minimum absolute atomic E-state index is 0.128. The summed E-state index contributed by atoms with van der Waals surface area (Å²) < 4.78 is 0. The van der Waals surface area contributed by atoms with Crippen molar-refractivity contribution < 1.29 is 19.5 Å². The molecule has 1 aliphatic rings. The number of carbonyl (C=O) groups excluding carboxylic acids is 2. The lowest BCUT2D eigenvalue weighted by molar-refractivity contribution is -0.146. The van der Waals surface area contributed by atoms with E-state index in [4.69, 9.17) is 5.11 Å². The quantitative estimate of drug-likeness (QED) is 0.660. The zero-order valence-corrected chi connectivity index (χ0v) is 9.25. The first-order valence-corrected chi connectivity index (χ1v) is 4.66. The minimum Gasteiger partial charge on any atom is -0.478 e. The Balaban J connectivity index is 3.42. The topological polar surface area (TPSA) is 71.4 Å². The van der Waals surface area contributed by atoms with Crippen molar-refractivity contribution in [3.05, 3.63) is 11.6 Å². The number of carboxylic acids is 1. The van der Waals surface area contributed by atoms with E-state index < -0.39 is 22.6 Å². The molecule has 0 saturated heterocycles. The molecule has 0 fully saturated rings. The van der Waals surface area contributed by atoms with E-state index in [1.54, 1.807) is 0 Å². The number of hydrogen-bond acceptors (Lipinski definition) is 3. The standard InChI is InChI=1S/C11H14O4/c1-10(2)6(8(13)14)5-7(12)11(3,4)9(10)15/h5H,1-4H3,(H,13,14). The molecule has 4 nitrogen and oxygen atoms in total. The highest BCUT2D eigenvalue weighted by Crippen LogP contribution is 2.40. The maximum atomic E-state index is 12.0. The molecule has 0 amide bonds. The summed E-state index contributed by atoms with van der Waals surface area (Å²) in [5.41, 5.74) is -2.36. The average Bonchev–Trinajstić information content (AvgIpc) is 2.09. The van der Waals surface area contributed by atoms with Gasteiger partial charge in [0.25, 0.3) is 0 Å². The van der Waals surface area contributed by atoms with E-state index in [2.05, 4.69) is 0 Å². The molecule has 15 heavy (non-hydrogen) atoms. The fourth-order valence-electron chi connectivity index (χ4n) is 1.84. The predicted octanol–water partition coefficient (Wildman–Crippen LogP) is 1.20. The van der Waals surface area contributed by atoms with E-state index in [1.807, 2.05) is 0 Å². The third kappa shape index (κ3) is 1.50. The monoisotopic (exact) mass is 210 g/mol. The zero-order valence-electron chi connectivity index (χ0n) is 9.25. The Bertz CT molecular complexity index is 385. The molecular weight excluding hydrogens is 196 g/mol. The maximum Gasteiger partial charge on any atom is 0.332 e. The summed E-state index contributed by atoms with van der Waals surface area (Å²) in [5, 5.41) is 8.91. The van der Waals surface area contributed by atoms with Gasteiger partial charge in [-0.1, -0.05) is 0 Å². The fraction of sp³-hybridized carbons (Fsp3) is 0.545. The van der Waals surface area contributed by atoms with Gasteiger partial charge in [0.2, 0.25) is 0 Å². The molecule has 1 aliphatic carbocycles. The zero-order chi connectivity index (χ0) is 12.0. The second kappa shape index (κ2) is 3.02. The molecule has 0 saturated carbocycles. The number of ketones is 2.